The Balaban J connectivity index is 1.58. The molecule has 0 spiro atoms. The van der Waals surface area contributed by atoms with Crippen LogP contribution in [0.5, 0.6) is 0 Å². The maximum atomic E-state index is 2.75. The van der Waals surface area contributed by atoms with E-state index in [2.05, 4.69) is 145 Å². The molecule has 4 aromatic rings. The number of hydrogen-bond donors (Lipinski definition) is 0. The summed E-state index contributed by atoms with van der Waals surface area (Å²) in [7, 11) is 0. The molecule has 0 unspecified atom stereocenters. The number of benzene rings is 4. The lowest BCUT2D eigenvalue weighted by molar-refractivity contribution is 0.768. The SMILES string of the molecule is CCC[Si](I)C1=C(C)C=C(c2ccc3c(c2)C(c2ccccc2)(c2ccccc2)c2ccccc2-3)CC1. The van der Waals surface area contributed by atoms with Gasteiger partial charge in [0.05, 0.1) is 5.41 Å². The molecule has 0 aromatic heterocycles. The van der Waals surface area contributed by atoms with Gasteiger partial charge in [-0.05, 0) is 76.4 Å². The predicted octanol–water partition coefficient (Wildman–Crippen LogP) is 9.92. The summed E-state index contributed by atoms with van der Waals surface area (Å²) < 4.78 is 0. The van der Waals surface area contributed by atoms with Crippen LogP contribution in [0.15, 0.2) is 120 Å². The molecule has 2 heteroatoms. The first-order valence-corrected chi connectivity index (χ1v) is 18.2. The van der Waals surface area contributed by atoms with Crippen molar-refractivity contribution in [3.8, 4) is 11.1 Å². The molecule has 0 aliphatic heterocycles. The Morgan fingerprint density at radius 3 is 2.00 bits per heavy atom. The van der Waals surface area contributed by atoms with Crippen LogP contribution in [0.1, 0.15) is 60.9 Å². The molecule has 0 N–H and O–H groups in total. The summed E-state index contributed by atoms with van der Waals surface area (Å²) in [5, 5.41) is 1.74. The molecule has 0 heterocycles. The molecule has 1 radical (unpaired) electrons. The van der Waals surface area contributed by atoms with Gasteiger partial charge in [-0.1, -0.05) is 127 Å². The van der Waals surface area contributed by atoms with Crippen molar-refractivity contribution in [2.75, 3.05) is 0 Å². The van der Waals surface area contributed by atoms with Crippen LogP contribution in [0.2, 0.25) is 6.04 Å². The normalized spacial score (nSPS) is 15.9. The minimum atomic E-state index is -0.424. The third-order valence-electron chi connectivity index (χ3n) is 8.14. The Kier molecular flexibility index (Phi) is 6.81. The maximum Gasteiger partial charge on any atom is 0.160 e. The Labute approximate surface area is 236 Å². The zero-order valence-corrected chi connectivity index (χ0v) is 24.8. The van der Waals surface area contributed by atoms with Crippen molar-refractivity contribution in [3.05, 3.63) is 148 Å². The van der Waals surface area contributed by atoms with Crippen molar-refractivity contribution in [1.82, 2.24) is 0 Å². The highest BCUT2D eigenvalue weighted by atomic mass is 127. The Bertz CT molecular complexity index is 1460. The van der Waals surface area contributed by atoms with Gasteiger partial charge >= 0.3 is 0 Å². The van der Waals surface area contributed by atoms with E-state index in [-0.39, 0.29) is 5.41 Å². The number of hydrogen-bond acceptors (Lipinski definition) is 0. The van der Waals surface area contributed by atoms with E-state index in [1.165, 1.54) is 69.0 Å². The summed E-state index contributed by atoms with van der Waals surface area (Å²) in [5.41, 5.74) is 12.2. The predicted molar refractivity (Wildman–Crippen MR) is 169 cm³/mol. The molecule has 0 saturated heterocycles. The van der Waals surface area contributed by atoms with E-state index >= 15 is 0 Å². The van der Waals surface area contributed by atoms with Gasteiger partial charge in [0, 0.05) is 0 Å². The van der Waals surface area contributed by atoms with Crippen LogP contribution in [0.4, 0.5) is 0 Å². The molecule has 0 bridgehead atoms. The van der Waals surface area contributed by atoms with E-state index in [1.807, 2.05) is 0 Å². The first-order valence-electron chi connectivity index (χ1n) is 13.4. The van der Waals surface area contributed by atoms with Crippen LogP contribution < -0.4 is 0 Å². The molecule has 0 atom stereocenters. The molecule has 2 aliphatic carbocycles. The van der Waals surface area contributed by atoms with Crippen LogP contribution in [0, 0.1) is 0 Å². The molecular weight excluding hydrogens is 575 g/mol. The molecule has 6 rings (SSSR count). The number of fused-ring (bicyclic) bond motifs is 3. The molecular formula is C35H32ISi. The lowest BCUT2D eigenvalue weighted by atomic mass is 9.67. The van der Waals surface area contributed by atoms with Crippen molar-refractivity contribution in [2.45, 2.75) is 44.6 Å². The first kappa shape index (κ1) is 24.6. The van der Waals surface area contributed by atoms with Crippen LogP contribution in [-0.4, -0.2) is 6.29 Å². The topological polar surface area (TPSA) is 0 Å². The third kappa shape index (κ3) is 4.09. The lowest BCUT2D eigenvalue weighted by Crippen LogP contribution is -2.28. The van der Waals surface area contributed by atoms with E-state index in [4.69, 9.17) is 0 Å². The summed E-state index contributed by atoms with van der Waals surface area (Å²) in [6.45, 7) is 4.66. The smallest absolute Gasteiger partial charge is 0.115 e. The summed E-state index contributed by atoms with van der Waals surface area (Å²) in [4.78, 5) is 0. The molecule has 2 aliphatic rings. The zero-order chi connectivity index (χ0) is 25.4. The highest BCUT2D eigenvalue weighted by Gasteiger charge is 2.46. The van der Waals surface area contributed by atoms with E-state index in [0.717, 1.165) is 6.42 Å². The highest BCUT2D eigenvalue weighted by Crippen LogP contribution is 2.56. The standard InChI is InChI=1S/C35H32ISi/c1-3-22-37(36)34-21-19-26(23-25(34)2)27-18-20-31-30-16-10-11-17-32(30)35(33(31)24-27,28-12-6-4-7-13-28)29-14-8-5-9-15-29/h4-18,20,23-24H,3,19,21-22H2,1-2H3. The largest absolute Gasteiger partial charge is 0.160 e. The summed E-state index contributed by atoms with van der Waals surface area (Å²) in [6, 6.07) is 39.9. The summed E-state index contributed by atoms with van der Waals surface area (Å²) in [5.74, 6) is 0. The van der Waals surface area contributed by atoms with Crippen molar-refractivity contribution < 1.29 is 0 Å². The summed E-state index contributed by atoms with van der Waals surface area (Å²) >= 11 is 2.75. The Morgan fingerprint density at radius 2 is 1.35 bits per heavy atom. The third-order valence-corrected chi connectivity index (χ3v) is 13.9. The minimum absolute atomic E-state index is 0.324. The minimum Gasteiger partial charge on any atom is -0.115 e. The van der Waals surface area contributed by atoms with Crippen LogP contribution >= 0.6 is 21.8 Å². The molecule has 0 saturated carbocycles. The second kappa shape index (κ2) is 10.2. The van der Waals surface area contributed by atoms with Gasteiger partial charge in [-0.3, -0.25) is 0 Å². The van der Waals surface area contributed by atoms with Gasteiger partial charge in [0.1, 0.15) is 0 Å². The molecule has 4 aromatic carbocycles. The Hall–Kier alpha value is -2.69. The van der Waals surface area contributed by atoms with Gasteiger partial charge in [0.15, 0.2) is 6.29 Å². The molecule has 0 nitrogen and oxygen atoms in total. The average molecular weight is 608 g/mol. The van der Waals surface area contributed by atoms with Gasteiger partial charge in [-0.15, -0.1) is 21.8 Å². The van der Waals surface area contributed by atoms with Gasteiger partial charge in [0.2, 0.25) is 0 Å². The monoisotopic (exact) mass is 607 g/mol. The molecule has 37 heavy (non-hydrogen) atoms. The van der Waals surface area contributed by atoms with E-state index in [0.29, 0.717) is 0 Å². The van der Waals surface area contributed by atoms with Crippen LogP contribution in [-0.2, 0) is 5.41 Å². The van der Waals surface area contributed by atoms with Crippen molar-refractivity contribution >= 4 is 33.7 Å². The fraction of sp³-hybridized carbons (Fsp3) is 0.200. The van der Waals surface area contributed by atoms with Gasteiger partial charge in [-0.2, -0.15) is 0 Å². The lowest BCUT2D eigenvalue weighted by Gasteiger charge is -2.34. The highest BCUT2D eigenvalue weighted by molar-refractivity contribution is 14.1. The second-order valence-corrected chi connectivity index (χ2v) is 16.1. The van der Waals surface area contributed by atoms with Crippen LogP contribution in [0.3, 0.4) is 0 Å². The van der Waals surface area contributed by atoms with Crippen molar-refractivity contribution in [1.29, 1.82) is 0 Å². The second-order valence-electron chi connectivity index (χ2n) is 10.3. The van der Waals surface area contributed by atoms with E-state index in [1.54, 1.807) is 5.20 Å². The van der Waals surface area contributed by atoms with Crippen LogP contribution in [0.25, 0.3) is 16.7 Å². The Morgan fingerprint density at radius 1 is 0.730 bits per heavy atom. The quantitative estimate of drug-likeness (QED) is 0.102. The van der Waals surface area contributed by atoms with E-state index < -0.39 is 6.29 Å². The van der Waals surface area contributed by atoms with Crippen molar-refractivity contribution in [3.63, 3.8) is 0 Å². The summed E-state index contributed by atoms with van der Waals surface area (Å²) in [6.07, 6.45) is 5.72. The maximum absolute atomic E-state index is 2.75. The fourth-order valence-electron chi connectivity index (χ4n) is 6.47. The van der Waals surface area contributed by atoms with Gasteiger partial charge < -0.3 is 0 Å². The average Bonchev–Trinajstić information content (AvgIpc) is 3.24. The van der Waals surface area contributed by atoms with Gasteiger partial charge in [0.25, 0.3) is 0 Å². The van der Waals surface area contributed by atoms with Crippen molar-refractivity contribution in [2.24, 2.45) is 0 Å². The fourth-order valence-corrected chi connectivity index (χ4v) is 11.8. The first-order chi connectivity index (χ1) is 18.1. The number of allylic oxidation sites excluding steroid dienone is 4. The molecule has 183 valence electrons. The molecule has 0 fully saturated rings. The zero-order valence-electron chi connectivity index (χ0n) is 21.6. The number of rotatable bonds is 6. The van der Waals surface area contributed by atoms with Gasteiger partial charge in [-0.25, -0.2) is 0 Å². The molecule has 0 amide bonds. The number of halogens is 1. The van der Waals surface area contributed by atoms with E-state index in [9.17, 15) is 0 Å².